The zero-order valence-electron chi connectivity index (χ0n) is 14.8. The van der Waals surface area contributed by atoms with Crippen molar-refractivity contribution in [2.24, 2.45) is 0 Å². The van der Waals surface area contributed by atoms with Gasteiger partial charge in [-0.05, 0) is 42.5 Å². The molecule has 0 aliphatic heterocycles. The van der Waals surface area contributed by atoms with E-state index in [1.54, 1.807) is 18.2 Å². The highest BCUT2D eigenvalue weighted by molar-refractivity contribution is 7.92. The van der Waals surface area contributed by atoms with Crippen molar-refractivity contribution in [3.05, 3.63) is 53.6 Å². The smallest absolute Gasteiger partial charge is 0.231 e. The quantitative estimate of drug-likeness (QED) is 0.842. The van der Waals surface area contributed by atoms with Gasteiger partial charge in [-0.1, -0.05) is 24.3 Å². The molecule has 0 saturated carbocycles. The fraction of sp³-hybridized carbons (Fsp3) is 0.316. The summed E-state index contributed by atoms with van der Waals surface area (Å²) in [5.74, 6) is 0.127. The summed E-state index contributed by atoms with van der Waals surface area (Å²) in [5.41, 5.74) is 2.92. The molecule has 2 aromatic rings. The highest BCUT2D eigenvalue weighted by atomic mass is 32.2. The molecule has 1 aliphatic rings. The third-order valence-corrected chi connectivity index (χ3v) is 5.06. The van der Waals surface area contributed by atoms with E-state index < -0.39 is 10.0 Å². The molecule has 0 bridgehead atoms. The summed E-state index contributed by atoms with van der Waals surface area (Å²) in [5, 5.41) is 2.87. The molecule has 7 heteroatoms. The minimum atomic E-state index is -3.47. The van der Waals surface area contributed by atoms with Crippen molar-refractivity contribution in [2.45, 2.75) is 25.2 Å². The Bertz CT molecular complexity index is 925. The lowest BCUT2D eigenvalue weighted by molar-refractivity contribution is -0.117. The minimum Gasteiger partial charge on any atom is -0.497 e. The van der Waals surface area contributed by atoms with Crippen molar-refractivity contribution in [3.8, 4) is 5.75 Å². The first kappa shape index (κ1) is 18.3. The Morgan fingerprint density at radius 3 is 2.65 bits per heavy atom. The molecule has 1 aliphatic carbocycles. The predicted octanol–water partition coefficient (Wildman–Crippen LogP) is 3.13. The highest BCUT2D eigenvalue weighted by Gasteiger charge is 2.27. The number of aryl methyl sites for hydroxylation is 1. The van der Waals surface area contributed by atoms with E-state index in [2.05, 4.69) is 16.1 Å². The van der Waals surface area contributed by atoms with Crippen LogP contribution in [0.5, 0.6) is 5.75 Å². The standard InChI is InChI=1S/C19H22N2O4S/c1-25-14-10-11-17(21-26(2,23)24)18(12-14)20-19(22)16-9-5-7-13-6-3-4-8-15(13)16/h3-4,6,8,10-12,16,21H,5,7,9H2,1-2H3,(H,20,22). The third kappa shape index (κ3) is 4.16. The molecule has 1 amide bonds. The Morgan fingerprint density at radius 2 is 1.92 bits per heavy atom. The second kappa shape index (κ2) is 7.37. The fourth-order valence-corrected chi connectivity index (χ4v) is 3.87. The van der Waals surface area contributed by atoms with Crippen LogP contribution in [0.1, 0.15) is 29.9 Å². The lowest BCUT2D eigenvalue weighted by atomic mass is 9.82. The van der Waals surface area contributed by atoms with Gasteiger partial charge in [-0.2, -0.15) is 0 Å². The number of anilines is 2. The summed E-state index contributed by atoms with van der Waals surface area (Å²) in [6, 6.07) is 12.8. The van der Waals surface area contributed by atoms with Crippen molar-refractivity contribution in [1.82, 2.24) is 0 Å². The molecule has 1 atom stereocenters. The molecule has 2 N–H and O–H groups in total. The van der Waals surface area contributed by atoms with Crippen molar-refractivity contribution in [3.63, 3.8) is 0 Å². The third-order valence-electron chi connectivity index (χ3n) is 4.47. The van der Waals surface area contributed by atoms with Crippen LogP contribution in [0.25, 0.3) is 0 Å². The van der Waals surface area contributed by atoms with Gasteiger partial charge in [0.15, 0.2) is 0 Å². The van der Waals surface area contributed by atoms with Crippen LogP contribution in [-0.4, -0.2) is 27.7 Å². The molecule has 0 fully saturated rings. The molecule has 0 heterocycles. The number of carbonyl (C=O) groups is 1. The summed E-state index contributed by atoms with van der Waals surface area (Å²) in [6.07, 6.45) is 3.75. The summed E-state index contributed by atoms with van der Waals surface area (Å²) >= 11 is 0. The number of methoxy groups -OCH3 is 1. The molecule has 138 valence electrons. The monoisotopic (exact) mass is 374 g/mol. The van der Waals surface area contributed by atoms with Crippen LogP contribution in [0.2, 0.25) is 0 Å². The zero-order valence-corrected chi connectivity index (χ0v) is 15.6. The molecule has 0 aromatic heterocycles. The normalized spacial score (nSPS) is 16.5. The van der Waals surface area contributed by atoms with E-state index in [1.807, 2.05) is 18.2 Å². The summed E-state index contributed by atoms with van der Waals surface area (Å²) in [4.78, 5) is 12.9. The molecule has 2 aromatic carbocycles. The molecular formula is C19H22N2O4S. The Kier molecular flexibility index (Phi) is 5.18. The minimum absolute atomic E-state index is 0.151. The Balaban J connectivity index is 1.90. The molecule has 0 saturated heterocycles. The molecular weight excluding hydrogens is 352 g/mol. The van der Waals surface area contributed by atoms with Crippen LogP contribution >= 0.6 is 0 Å². The van der Waals surface area contributed by atoms with Gasteiger partial charge in [-0.3, -0.25) is 9.52 Å². The summed E-state index contributed by atoms with van der Waals surface area (Å²) in [6.45, 7) is 0. The first-order valence-electron chi connectivity index (χ1n) is 8.42. The van der Waals surface area contributed by atoms with Crippen LogP contribution in [0, 0.1) is 0 Å². The van der Waals surface area contributed by atoms with Gasteiger partial charge in [0, 0.05) is 6.07 Å². The van der Waals surface area contributed by atoms with Crippen molar-refractivity contribution in [2.75, 3.05) is 23.4 Å². The maximum absolute atomic E-state index is 12.9. The Hall–Kier alpha value is -2.54. The van der Waals surface area contributed by atoms with E-state index >= 15 is 0 Å². The van der Waals surface area contributed by atoms with Crippen LogP contribution in [-0.2, 0) is 21.2 Å². The average molecular weight is 374 g/mol. The van der Waals surface area contributed by atoms with Gasteiger partial charge in [-0.25, -0.2) is 8.42 Å². The number of fused-ring (bicyclic) bond motifs is 1. The topological polar surface area (TPSA) is 84.5 Å². The molecule has 6 nitrogen and oxygen atoms in total. The number of nitrogens with one attached hydrogen (secondary N) is 2. The number of hydrogen-bond acceptors (Lipinski definition) is 4. The number of carbonyl (C=O) groups excluding carboxylic acids is 1. The molecule has 0 spiro atoms. The molecule has 1 unspecified atom stereocenters. The van der Waals surface area contributed by atoms with Gasteiger partial charge >= 0.3 is 0 Å². The second-order valence-electron chi connectivity index (χ2n) is 6.42. The summed E-state index contributed by atoms with van der Waals surface area (Å²) in [7, 11) is -1.95. The van der Waals surface area contributed by atoms with Gasteiger partial charge in [0.25, 0.3) is 0 Å². The van der Waals surface area contributed by atoms with Crippen LogP contribution < -0.4 is 14.8 Å². The number of amides is 1. The van der Waals surface area contributed by atoms with Crippen molar-refractivity contribution in [1.29, 1.82) is 0 Å². The van der Waals surface area contributed by atoms with Crippen molar-refractivity contribution < 1.29 is 17.9 Å². The lowest BCUT2D eigenvalue weighted by Gasteiger charge is -2.25. The van der Waals surface area contributed by atoms with Crippen molar-refractivity contribution >= 4 is 27.3 Å². The number of hydrogen-bond donors (Lipinski definition) is 2. The molecule has 3 rings (SSSR count). The van der Waals surface area contributed by atoms with Gasteiger partial charge in [0.2, 0.25) is 15.9 Å². The average Bonchev–Trinajstić information content (AvgIpc) is 2.61. The highest BCUT2D eigenvalue weighted by Crippen LogP contribution is 2.34. The van der Waals surface area contributed by atoms with E-state index in [4.69, 9.17) is 4.74 Å². The maximum Gasteiger partial charge on any atom is 0.231 e. The first-order chi connectivity index (χ1) is 12.4. The molecule has 0 radical (unpaired) electrons. The number of benzene rings is 2. The van der Waals surface area contributed by atoms with Gasteiger partial charge in [0.1, 0.15) is 5.75 Å². The van der Waals surface area contributed by atoms with Gasteiger partial charge in [0.05, 0.1) is 30.7 Å². The number of ether oxygens (including phenoxy) is 1. The SMILES string of the molecule is COc1ccc(NS(C)(=O)=O)c(NC(=O)C2CCCc3ccccc32)c1. The second-order valence-corrected chi connectivity index (χ2v) is 8.17. The van der Waals surface area contributed by atoms with Crippen LogP contribution in [0.15, 0.2) is 42.5 Å². The van der Waals surface area contributed by atoms with E-state index in [0.717, 1.165) is 31.1 Å². The Morgan fingerprint density at radius 1 is 1.15 bits per heavy atom. The maximum atomic E-state index is 12.9. The lowest BCUT2D eigenvalue weighted by Crippen LogP contribution is -2.25. The van der Waals surface area contributed by atoms with Gasteiger partial charge < -0.3 is 10.1 Å². The Labute approximate surface area is 153 Å². The first-order valence-corrected chi connectivity index (χ1v) is 10.3. The van der Waals surface area contributed by atoms with E-state index in [0.29, 0.717) is 17.1 Å². The number of rotatable bonds is 5. The predicted molar refractivity (Wildman–Crippen MR) is 102 cm³/mol. The fourth-order valence-electron chi connectivity index (χ4n) is 3.29. The van der Waals surface area contributed by atoms with Gasteiger partial charge in [-0.15, -0.1) is 0 Å². The molecule has 26 heavy (non-hydrogen) atoms. The van der Waals surface area contributed by atoms with Crippen LogP contribution in [0.4, 0.5) is 11.4 Å². The van der Waals surface area contributed by atoms with E-state index in [9.17, 15) is 13.2 Å². The van der Waals surface area contributed by atoms with E-state index in [1.165, 1.54) is 12.7 Å². The van der Waals surface area contributed by atoms with Crippen LogP contribution in [0.3, 0.4) is 0 Å². The summed E-state index contributed by atoms with van der Waals surface area (Å²) < 4.78 is 30.8. The number of sulfonamides is 1. The zero-order chi connectivity index (χ0) is 18.7. The van der Waals surface area contributed by atoms with E-state index in [-0.39, 0.29) is 11.8 Å². The largest absolute Gasteiger partial charge is 0.497 e.